The second kappa shape index (κ2) is 8.74. The molecular formula is C25H28FN5O2. The zero-order valence-corrected chi connectivity index (χ0v) is 19.3. The number of rotatable bonds is 4. The van der Waals surface area contributed by atoms with E-state index in [0.717, 1.165) is 37.4 Å². The third kappa shape index (κ3) is 3.99. The second-order valence-electron chi connectivity index (χ2n) is 8.84. The van der Waals surface area contributed by atoms with Gasteiger partial charge >= 0.3 is 0 Å². The molecule has 1 fully saturated rings. The van der Waals surface area contributed by atoms with Gasteiger partial charge in [0.25, 0.3) is 5.56 Å². The number of halogens is 1. The van der Waals surface area contributed by atoms with Crippen LogP contribution < -0.4 is 15.4 Å². The summed E-state index contributed by atoms with van der Waals surface area (Å²) in [6.07, 6.45) is 3.42. The van der Waals surface area contributed by atoms with Crippen LogP contribution in [0.3, 0.4) is 0 Å². The summed E-state index contributed by atoms with van der Waals surface area (Å²) in [6.45, 7) is 1.90. The van der Waals surface area contributed by atoms with Crippen molar-refractivity contribution in [2.24, 2.45) is 7.05 Å². The van der Waals surface area contributed by atoms with Crippen LogP contribution in [-0.4, -0.2) is 40.8 Å². The SMILES string of the molecule is Cc1ccc2c(n1)c(N(C)[C@H]1CC[C@@H](N(C)c3ccc(F)cc3O)CC1)c(C#N)c(=O)n2C. The lowest BCUT2D eigenvalue weighted by atomic mass is 9.88. The lowest BCUT2D eigenvalue weighted by Gasteiger charge is -2.40. The molecule has 1 aliphatic carbocycles. The molecule has 0 spiro atoms. The number of anilines is 2. The summed E-state index contributed by atoms with van der Waals surface area (Å²) in [5, 5.41) is 20.0. The number of benzene rings is 1. The lowest BCUT2D eigenvalue weighted by Crippen LogP contribution is -2.42. The van der Waals surface area contributed by atoms with Gasteiger partial charge in [-0.25, -0.2) is 9.37 Å². The van der Waals surface area contributed by atoms with E-state index >= 15 is 0 Å². The third-order valence-electron chi connectivity index (χ3n) is 6.90. The predicted octanol–water partition coefficient (Wildman–Crippen LogP) is 3.84. The number of aromatic nitrogens is 2. The van der Waals surface area contributed by atoms with Crippen molar-refractivity contribution in [3.05, 3.63) is 57.8 Å². The van der Waals surface area contributed by atoms with E-state index in [4.69, 9.17) is 0 Å². The summed E-state index contributed by atoms with van der Waals surface area (Å²) in [7, 11) is 5.51. The van der Waals surface area contributed by atoms with E-state index in [-0.39, 0.29) is 29.0 Å². The highest BCUT2D eigenvalue weighted by atomic mass is 19.1. The molecule has 0 atom stereocenters. The van der Waals surface area contributed by atoms with Gasteiger partial charge in [0.1, 0.15) is 28.7 Å². The first-order valence-corrected chi connectivity index (χ1v) is 11.1. The van der Waals surface area contributed by atoms with E-state index in [2.05, 4.69) is 11.1 Å². The Labute approximate surface area is 192 Å². The Balaban J connectivity index is 1.61. The number of fused-ring (bicyclic) bond motifs is 1. The standard InChI is InChI=1S/C25H28FN5O2/c1-15-5-11-21-23(28-15)24(19(14-27)25(33)31(21)4)30(3)18-9-7-17(8-10-18)29(2)20-12-6-16(26)13-22(20)32/h5-6,11-13,17-18,32H,7-10H2,1-4H3/t17-,18+. The molecule has 1 aliphatic rings. The van der Waals surface area contributed by atoms with E-state index in [9.17, 15) is 19.6 Å². The van der Waals surface area contributed by atoms with Gasteiger partial charge in [0, 0.05) is 45.0 Å². The molecule has 172 valence electrons. The van der Waals surface area contributed by atoms with Crippen molar-refractivity contribution in [3.63, 3.8) is 0 Å². The van der Waals surface area contributed by atoms with Crippen molar-refractivity contribution >= 4 is 22.4 Å². The van der Waals surface area contributed by atoms with Gasteiger partial charge in [-0.2, -0.15) is 5.26 Å². The molecule has 7 nitrogen and oxygen atoms in total. The summed E-state index contributed by atoms with van der Waals surface area (Å²) in [5.41, 5.74) is 3.17. The summed E-state index contributed by atoms with van der Waals surface area (Å²) in [4.78, 5) is 21.6. The number of pyridine rings is 2. The Morgan fingerprint density at radius 3 is 2.36 bits per heavy atom. The Bertz CT molecular complexity index is 1300. The van der Waals surface area contributed by atoms with Crippen molar-refractivity contribution in [3.8, 4) is 11.8 Å². The summed E-state index contributed by atoms with van der Waals surface area (Å²) in [5.74, 6) is -0.531. The van der Waals surface area contributed by atoms with E-state index in [1.807, 2.05) is 43.0 Å². The molecule has 0 amide bonds. The van der Waals surface area contributed by atoms with Crippen molar-refractivity contribution in [2.45, 2.75) is 44.7 Å². The average molecular weight is 450 g/mol. The zero-order valence-electron chi connectivity index (χ0n) is 19.3. The summed E-state index contributed by atoms with van der Waals surface area (Å²) in [6, 6.07) is 10.3. The third-order valence-corrected chi connectivity index (χ3v) is 6.90. The van der Waals surface area contributed by atoms with Gasteiger partial charge < -0.3 is 19.5 Å². The molecule has 2 heterocycles. The van der Waals surface area contributed by atoms with Crippen LogP contribution in [0, 0.1) is 24.1 Å². The van der Waals surface area contributed by atoms with Gasteiger partial charge in [0.2, 0.25) is 0 Å². The fraction of sp³-hybridized carbons (Fsp3) is 0.400. The normalized spacial score (nSPS) is 18.2. The first-order chi connectivity index (χ1) is 15.7. The zero-order chi connectivity index (χ0) is 23.9. The molecule has 0 unspecified atom stereocenters. The highest BCUT2D eigenvalue weighted by Gasteiger charge is 2.30. The van der Waals surface area contributed by atoms with E-state index in [0.29, 0.717) is 22.4 Å². The monoisotopic (exact) mass is 449 g/mol. The van der Waals surface area contributed by atoms with Crippen LogP contribution in [0.15, 0.2) is 35.1 Å². The molecule has 0 radical (unpaired) electrons. The van der Waals surface area contributed by atoms with Crippen LogP contribution in [0.5, 0.6) is 5.75 Å². The van der Waals surface area contributed by atoms with Crippen LogP contribution >= 0.6 is 0 Å². The Morgan fingerprint density at radius 1 is 1.12 bits per heavy atom. The maximum atomic E-state index is 13.4. The quantitative estimate of drug-likeness (QED) is 0.651. The highest BCUT2D eigenvalue weighted by molar-refractivity contribution is 5.91. The fourth-order valence-corrected chi connectivity index (χ4v) is 4.94. The summed E-state index contributed by atoms with van der Waals surface area (Å²) < 4.78 is 14.9. The molecule has 0 aliphatic heterocycles. The lowest BCUT2D eigenvalue weighted by molar-refractivity contribution is 0.373. The summed E-state index contributed by atoms with van der Waals surface area (Å²) >= 11 is 0. The molecule has 1 N–H and O–H groups in total. The van der Waals surface area contributed by atoms with Crippen LogP contribution in [0.1, 0.15) is 36.9 Å². The number of nitriles is 1. The largest absolute Gasteiger partial charge is 0.506 e. The molecule has 2 aromatic heterocycles. The molecular weight excluding hydrogens is 421 g/mol. The van der Waals surface area contributed by atoms with Gasteiger partial charge in [-0.3, -0.25) is 4.79 Å². The minimum Gasteiger partial charge on any atom is -0.506 e. The number of hydrogen-bond donors (Lipinski definition) is 1. The van der Waals surface area contributed by atoms with E-state index < -0.39 is 5.82 Å². The first kappa shape index (κ1) is 22.6. The Morgan fingerprint density at radius 2 is 1.76 bits per heavy atom. The fourth-order valence-electron chi connectivity index (χ4n) is 4.94. The van der Waals surface area contributed by atoms with Gasteiger partial charge in [0.15, 0.2) is 0 Å². The molecule has 0 bridgehead atoms. The molecule has 4 rings (SSSR count). The molecule has 0 saturated heterocycles. The van der Waals surface area contributed by atoms with E-state index in [1.165, 1.54) is 10.6 Å². The van der Waals surface area contributed by atoms with Crippen molar-refractivity contribution in [1.82, 2.24) is 9.55 Å². The van der Waals surface area contributed by atoms with E-state index in [1.54, 1.807) is 13.1 Å². The van der Waals surface area contributed by atoms with Gasteiger partial charge in [-0.05, 0) is 56.9 Å². The van der Waals surface area contributed by atoms with Gasteiger partial charge in [-0.1, -0.05) is 0 Å². The maximum Gasteiger partial charge on any atom is 0.270 e. The van der Waals surface area contributed by atoms with Crippen LogP contribution in [0.4, 0.5) is 15.8 Å². The van der Waals surface area contributed by atoms with Crippen molar-refractivity contribution < 1.29 is 9.50 Å². The topological polar surface area (TPSA) is 85.4 Å². The molecule has 8 heteroatoms. The number of hydrogen-bond acceptors (Lipinski definition) is 6. The highest BCUT2D eigenvalue weighted by Crippen LogP contribution is 2.36. The Hall–Kier alpha value is -3.60. The van der Waals surface area contributed by atoms with Crippen LogP contribution in [-0.2, 0) is 7.05 Å². The maximum absolute atomic E-state index is 13.4. The number of phenolic OH excluding ortho intramolecular Hbond substituents is 1. The molecule has 1 aromatic carbocycles. The van der Waals surface area contributed by atoms with Crippen LogP contribution in [0.2, 0.25) is 0 Å². The number of phenols is 1. The average Bonchev–Trinajstić information content (AvgIpc) is 2.80. The minimum absolute atomic E-state index is 0.0663. The first-order valence-electron chi connectivity index (χ1n) is 11.1. The number of aryl methyl sites for hydroxylation is 2. The Kier molecular flexibility index (Phi) is 5.98. The predicted molar refractivity (Wildman–Crippen MR) is 127 cm³/mol. The van der Waals surface area contributed by atoms with Crippen molar-refractivity contribution in [2.75, 3.05) is 23.9 Å². The smallest absolute Gasteiger partial charge is 0.270 e. The number of nitrogens with zero attached hydrogens (tertiary/aromatic N) is 5. The second-order valence-corrected chi connectivity index (χ2v) is 8.84. The van der Waals surface area contributed by atoms with Gasteiger partial charge in [0.05, 0.1) is 16.9 Å². The number of aromatic hydroxyl groups is 1. The van der Waals surface area contributed by atoms with Gasteiger partial charge in [-0.15, -0.1) is 0 Å². The molecule has 1 saturated carbocycles. The van der Waals surface area contributed by atoms with Crippen molar-refractivity contribution in [1.29, 1.82) is 5.26 Å². The molecule has 33 heavy (non-hydrogen) atoms. The molecule has 3 aromatic rings. The minimum atomic E-state index is -0.464. The van der Waals surface area contributed by atoms with Crippen LogP contribution in [0.25, 0.3) is 11.0 Å².